The molecule has 1 aliphatic rings. The zero-order valence-electron chi connectivity index (χ0n) is 7.45. The van der Waals surface area contributed by atoms with Crippen molar-refractivity contribution in [3.8, 4) is 0 Å². The van der Waals surface area contributed by atoms with Crippen LogP contribution in [0.5, 0.6) is 0 Å². The second-order valence-electron chi connectivity index (χ2n) is 3.03. The highest BCUT2D eigenvalue weighted by molar-refractivity contribution is 9.10. The third kappa shape index (κ3) is 1.89. The Hall–Kier alpha value is -0.650. The summed E-state index contributed by atoms with van der Waals surface area (Å²) >= 11 is 2.66. The maximum atomic E-state index is 12.5. The highest BCUT2D eigenvalue weighted by Crippen LogP contribution is 2.44. The molecule has 0 aromatic heterocycles. The molecule has 0 fully saturated rings. The minimum Gasteiger partial charge on any atom is -0.397 e. The third-order valence-electron chi connectivity index (χ3n) is 2.04. The van der Waals surface area contributed by atoms with Crippen molar-refractivity contribution in [3.63, 3.8) is 0 Å². The number of nitrogens with one attached hydrogen (secondary N) is 1. The van der Waals surface area contributed by atoms with E-state index in [-0.39, 0.29) is 12.1 Å². The Morgan fingerprint density at radius 3 is 2.50 bits per heavy atom. The number of halogens is 4. The van der Waals surface area contributed by atoms with Gasteiger partial charge in [0.1, 0.15) is 4.32 Å². The van der Waals surface area contributed by atoms with Crippen LogP contribution < -0.4 is 11.1 Å². The minimum absolute atomic E-state index is 0.105. The molecule has 0 saturated carbocycles. The Morgan fingerprint density at radius 1 is 1.57 bits per heavy atom. The first-order chi connectivity index (χ1) is 6.30. The Kier molecular flexibility index (Phi) is 2.85. The van der Waals surface area contributed by atoms with Gasteiger partial charge in [-0.2, -0.15) is 13.2 Å². The number of hydrogen-bond acceptors (Lipinski definition) is 2. The zero-order chi connectivity index (χ0) is 11.0. The van der Waals surface area contributed by atoms with Gasteiger partial charge < -0.3 is 11.1 Å². The van der Waals surface area contributed by atoms with Crippen LogP contribution in [0.15, 0.2) is 23.5 Å². The molecule has 3 N–H and O–H groups in total. The van der Waals surface area contributed by atoms with E-state index in [1.807, 2.05) is 0 Å². The van der Waals surface area contributed by atoms with Gasteiger partial charge in [-0.3, -0.25) is 0 Å². The maximum Gasteiger partial charge on any atom is 0.407 e. The van der Waals surface area contributed by atoms with Crippen LogP contribution in [-0.2, 0) is 0 Å². The van der Waals surface area contributed by atoms with E-state index in [1.54, 1.807) is 7.05 Å². The molecule has 0 amide bonds. The average molecular weight is 271 g/mol. The summed E-state index contributed by atoms with van der Waals surface area (Å²) in [6, 6.07) is 0. The molecular formula is C8H10BrF3N2. The Morgan fingerprint density at radius 2 is 2.14 bits per heavy atom. The van der Waals surface area contributed by atoms with Crippen LogP contribution in [0, 0.1) is 0 Å². The number of nitrogens with two attached hydrogens (primary N) is 1. The standard InChI is InChI=1S/C8H10BrF3N2/c1-14-6-2-3-7(9,4-5(6)13)8(10,11)12/h2,4,14H,3,13H2,1H3. The summed E-state index contributed by atoms with van der Waals surface area (Å²) in [7, 11) is 1.61. The van der Waals surface area contributed by atoms with Crippen LogP contribution in [0.4, 0.5) is 13.2 Å². The largest absolute Gasteiger partial charge is 0.407 e. The van der Waals surface area contributed by atoms with Crippen molar-refractivity contribution in [1.29, 1.82) is 0 Å². The number of likely N-dealkylation sites (N-methyl/N-ethyl adjacent to an activating group) is 1. The van der Waals surface area contributed by atoms with Gasteiger partial charge in [-0.1, -0.05) is 22.0 Å². The molecule has 0 bridgehead atoms. The molecule has 0 heterocycles. The topological polar surface area (TPSA) is 38.0 Å². The van der Waals surface area contributed by atoms with E-state index in [0.29, 0.717) is 5.70 Å². The van der Waals surface area contributed by atoms with E-state index < -0.39 is 10.5 Å². The number of hydrogen-bond donors (Lipinski definition) is 2. The van der Waals surface area contributed by atoms with E-state index in [9.17, 15) is 13.2 Å². The lowest BCUT2D eigenvalue weighted by molar-refractivity contribution is -0.145. The quantitative estimate of drug-likeness (QED) is 0.716. The monoisotopic (exact) mass is 270 g/mol. The predicted octanol–water partition coefficient (Wildman–Crippen LogP) is 2.03. The SMILES string of the molecule is CNC1=CCC(Br)(C(F)(F)F)C=C1N. The number of alkyl halides is 4. The first kappa shape index (κ1) is 11.4. The van der Waals surface area contributed by atoms with Gasteiger partial charge in [-0.15, -0.1) is 0 Å². The lowest BCUT2D eigenvalue weighted by Crippen LogP contribution is -2.40. The van der Waals surface area contributed by atoms with Gasteiger partial charge in [-0.25, -0.2) is 0 Å². The van der Waals surface area contributed by atoms with Crippen LogP contribution in [-0.4, -0.2) is 17.5 Å². The molecular weight excluding hydrogens is 261 g/mol. The van der Waals surface area contributed by atoms with Crippen molar-refractivity contribution in [1.82, 2.24) is 5.32 Å². The molecule has 0 aliphatic heterocycles. The lowest BCUT2D eigenvalue weighted by atomic mass is 9.96. The Bertz CT molecular complexity index is 295. The molecule has 6 heteroatoms. The number of rotatable bonds is 1. The van der Waals surface area contributed by atoms with E-state index in [1.165, 1.54) is 6.08 Å². The zero-order valence-corrected chi connectivity index (χ0v) is 9.04. The van der Waals surface area contributed by atoms with Crippen LogP contribution in [0.25, 0.3) is 0 Å². The first-order valence-corrected chi connectivity index (χ1v) is 4.72. The second kappa shape index (κ2) is 3.49. The molecule has 0 aromatic rings. The molecule has 0 aromatic carbocycles. The minimum atomic E-state index is -4.34. The van der Waals surface area contributed by atoms with Crippen molar-refractivity contribution in [2.24, 2.45) is 5.73 Å². The molecule has 0 saturated heterocycles. The van der Waals surface area contributed by atoms with Gasteiger partial charge in [-0.05, 0) is 12.5 Å². The highest BCUT2D eigenvalue weighted by atomic mass is 79.9. The molecule has 80 valence electrons. The summed E-state index contributed by atoms with van der Waals surface area (Å²) in [5.74, 6) is 0. The smallest absolute Gasteiger partial charge is 0.397 e. The summed E-state index contributed by atoms with van der Waals surface area (Å²) in [6.07, 6.45) is -2.09. The molecule has 14 heavy (non-hydrogen) atoms. The molecule has 1 aliphatic carbocycles. The fourth-order valence-electron chi connectivity index (χ4n) is 1.20. The lowest BCUT2D eigenvalue weighted by Gasteiger charge is -2.30. The van der Waals surface area contributed by atoms with E-state index in [2.05, 4.69) is 21.2 Å². The van der Waals surface area contributed by atoms with E-state index in [0.717, 1.165) is 6.08 Å². The second-order valence-corrected chi connectivity index (χ2v) is 4.45. The summed E-state index contributed by atoms with van der Waals surface area (Å²) in [6.45, 7) is 0. The van der Waals surface area contributed by atoms with Crippen molar-refractivity contribution in [3.05, 3.63) is 23.5 Å². The van der Waals surface area contributed by atoms with Gasteiger partial charge in [0.15, 0.2) is 0 Å². The van der Waals surface area contributed by atoms with Gasteiger partial charge in [0.25, 0.3) is 0 Å². The third-order valence-corrected chi connectivity index (χ3v) is 3.04. The summed E-state index contributed by atoms with van der Waals surface area (Å²) in [5.41, 5.74) is 6.10. The molecule has 0 spiro atoms. The Balaban J connectivity index is 2.98. The van der Waals surface area contributed by atoms with Crippen LogP contribution in [0.2, 0.25) is 0 Å². The maximum absolute atomic E-state index is 12.5. The van der Waals surface area contributed by atoms with Crippen LogP contribution >= 0.6 is 15.9 Å². The van der Waals surface area contributed by atoms with Gasteiger partial charge in [0, 0.05) is 7.05 Å². The molecule has 2 nitrogen and oxygen atoms in total. The van der Waals surface area contributed by atoms with Crippen LogP contribution in [0.1, 0.15) is 6.42 Å². The molecule has 1 atom stereocenters. The Labute approximate surface area is 88.2 Å². The van der Waals surface area contributed by atoms with Crippen molar-refractivity contribution < 1.29 is 13.2 Å². The van der Waals surface area contributed by atoms with Gasteiger partial charge in [0.2, 0.25) is 0 Å². The fraction of sp³-hybridized carbons (Fsp3) is 0.500. The van der Waals surface area contributed by atoms with Crippen molar-refractivity contribution >= 4 is 15.9 Å². The predicted molar refractivity (Wildman–Crippen MR) is 51.7 cm³/mol. The number of allylic oxidation sites excluding steroid dienone is 2. The molecule has 1 rings (SSSR count). The van der Waals surface area contributed by atoms with Crippen molar-refractivity contribution in [2.75, 3.05) is 7.05 Å². The first-order valence-electron chi connectivity index (χ1n) is 3.92. The summed E-state index contributed by atoms with van der Waals surface area (Å²) < 4.78 is 35.6. The van der Waals surface area contributed by atoms with Gasteiger partial charge in [0.05, 0.1) is 11.4 Å². The molecule has 0 radical (unpaired) electrons. The van der Waals surface area contributed by atoms with Crippen LogP contribution in [0.3, 0.4) is 0 Å². The fourth-order valence-corrected chi connectivity index (χ4v) is 1.60. The highest BCUT2D eigenvalue weighted by Gasteiger charge is 2.52. The van der Waals surface area contributed by atoms with E-state index >= 15 is 0 Å². The normalized spacial score (nSPS) is 28.1. The van der Waals surface area contributed by atoms with Crippen molar-refractivity contribution in [2.45, 2.75) is 16.9 Å². The average Bonchev–Trinajstić information content (AvgIpc) is 2.02. The van der Waals surface area contributed by atoms with Gasteiger partial charge >= 0.3 is 6.18 Å². The van der Waals surface area contributed by atoms with E-state index in [4.69, 9.17) is 5.73 Å². The summed E-state index contributed by atoms with van der Waals surface area (Å²) in [5, 5.41) is 2.72. The summed E-state index contributed by atoms with van der Waals surface area (Å²) in [4.78, 5) is 0. The molecule has 1 unspecified atom stereocenters.